The van der Waals surface area contributed by atoms with Gasteiger partial charge in [-0.3, -0.25) is 14.5 Å². The lowest BCUT2D eigenvalue weighted by Crippen LogP contribution is -2.49. The summed E-state index contributed by atoms with van der Waals surface area (Å²) in [6, 6.07) is 7.78. The molecule has 4 rings (SSSR count). The molecule has 2 aromatic rings. The number of pyridine rings is 1. The molecule has 198 valence electrons. The van der Waals surface area contributed by atoms with Crippen molar-refractivity contribution in [2.75, 3.05) is 44.2 Å². The number of thioether (sulfide) groups is 1. The lowest BCUT2D eigenvalue weighted by molar-refractivity contribution is -0.122. The first kappa shape index (κ1) is 27.2. The average molecular weight is 543 g/mol. The highest BCUT2D eigenvalue weighted by Gasteiger charge is 2.33. The maximum absolute atomic E-state index is 13.6. The van der Waals surface area contributed by atoms with Gasteiger partial charge in [-0.1, -0.05) is 68.4 Å². The molecule has 0 radical (unpaired) electrons. The Bertz CT molecular complexity index is 1280. The number of unbranched alkanes of at least 4 members (excludes halogenated alkanes) is 3. The molecule has 2 saturated heterocycles. The van der Waals surface area contributed by atoms with Crippen LogP contribution in [0.25, 0.3) is 17.0 Å². The SMILES string of the molecule is CCCCCCN1C(=O)C(=Cc2c(N3CCN(C(=O)OCC)CC3)c3ccccc3n(C)c2=O)SC1=S. The third-order valence-corrected chi connectivity index (χ3v) is 8.19. The highest BCUT2D eigenvalue weighted by atomic mass is 32.2. The van der Waals surface area contributed by atoms with Gasteiger partial charge in [0.25, 0.3) is 11.5 Å². The van der Waals surface area contributed by atoms with E-state index in [4.69, 9.17) is 17.0 Å². The molecule has 0 saturated carbocycles. The number of fused-ring (bicyclic) bond motifs is 1. The van der Waals surface area contributed by atoms with Crippen LogP contribution in [0.15, 0.2) is 34.0 Å². The standard InChI is InChI=1S/C27H34N4O4S2/c1-4-6-7-10-13-31-25(33)22(37-27(31)36)18-20-23(19-11-8-9-12-21(19)28(3)24(20)32)29-14-16-30(17-15-29)26(34)35-5-2/h8-9,11-12,18H,4-7,10,13-17H2,1-3H3. The molecule has 0 atom stereocenters. The summed E-state index contributed by atoms with van der Waals surface area (Å²) < 4.78 is 7.33. The monoisotopic (exact) mass is 542 g/mol. The number of rotatable bonds is 8. The van der Waals surface area contributed by atoms with Gasteiger partial charge in [0.05, 0.1) is 28.3 Å². The number of thiocarbonyl (C=S) groups is 1. The van der Waals surface area contributed by atoms with Crippen molar-refractivity contribution in [3.8, 4) is 0 Å². The van der Waals surface area contributed by atoms with Crippen molar-refractivity contribution in [3.63, 3.8) is 0 Å². The molecule has 0 N–H and O–H groups in total. The highest BCUT2D eigenvalue weighted by Crippen LogP contribution is 2.36. The zero-order chi connectivity index (χ0) is 26.5. The van der Waals surface area contributed by atoms with Gasteiger partial charge < -0.3 is 19.1 Å². The van der Waals surface area contributed by atoms with E-state index in [2.05, 4.69) is 11.8 Å². The quantitative estimate of drug-likeness (QED) is 0.274. The molecule has 0 bridgehead atoms. The predicted octanol–water partition coefficient (Wildman–Crippen LogP) is 4.60. The molecule has 2 aliphatic heterocycles. The van der Waals surface area contributed by atoms with Crippen molar-refractivity contribution in [2.24, 2.45) is 7.05 Å². The van der Waals surface area contributed by atoms with Crippen LogP contribution in [-0.4, -0.2) is 70.0 Å². The van der Waals surface area contributed by atoms with Crippen LogP contribution >= 0.6 is 24.0 Å². The summed E-state index contributed by atoms with van der Waals surface area (Å²) in [4.78, 5) is 45.1. The molecule has 2 aliphatic rings. The lowest BCUT2D eigenvalue weighted by Gasteiger charge is -2.36. The van der Waals surface area contributed by atoms with E-state index in [0.717, 1.165) is 42.3 Å². The van der Waals surface area contributed by atoms with Crippen molar-refractivity contribution < 1.29 is 14.3 Å². The number of para-hydroxylation sites is 1. The molecule has 37 heavy (non-hydrogen) atoms. The number of hydrogen-bond acceptors (Lipinski definition) is 7. The van der Waals surface area contributed by atoms with Crippen molar-refractivity contribution in [1.29, 1.82) is 0 Å². The Labute approximate surface area is 227 Å². The minimum absolute atomic E-state index is 0.139. The average Bonchev–Trinajstić information content (AvgIpc) is 3.17. The molecular formula is C27H34N4O4S2. The van der Waals surface area contributed by atoms with Crippen LogP contribution in [0.3, 0.4) is 0 Å². The molecule has 1 aromatic heterocycles. The van der Waals surface area contributed by atoms with Gasteiger partial charge in [0.15, 0.2) is 0 Å². The third kappa shape index (κ3) is 5.70. The Kier molecular flexibility index (Phi) is 8.91. The number of benzene rings is 1. The van der Waals surface area contributed by atoms with Crippen LogP contribution in [0.5, 0.6) is 0 Å². The van der Waals surface area contributed by atoms with Gasteiger partial charge in [-0.05, 0) is 25.5 Å². The van der Waals surface area contributed by atoms with Crippen LogP contribution in [0.4, 0.5) is 10.5 Å². The van der Waals surface area contributed by atoms with Gasteiger partial charge in [0, 0.05) is 45.2 Å². The Morgan fingerprint density at radius 2 is 1.81 bits per heavy atom. The van der Waals surface area contributed by atoms with Crippen molar-refractivity contribution >= 4 is 63.0 Å². The summed E-state index contributed by atoms with van der Waals surface area (Å²) in [6.45, 7) is 6.95. The van der Waals surface area contributed by atoms with E-state index < -0.39 is 0 Å². The highest BCUT2D eigenvalue weighted by molar-refractivity contribution is 8.26. The summed E-state index contributed by atoms with van der Waals surface area (Å²) in [5.41, 5.74) is 1.90. The molecule has 8 nitrogen and oxygen atoms in total. The van der Waals surface area contributed by atoms with Gasteiger partial charge in [-0.2, -0.15) is 0 Å². The van der Waals surface area contributed by atoms with E-state index in [1.165, 1.54) is 11.8 Å². The van der Waals surface area contributed by atoms with E-state index in [1.54, 1.807) is 34.4 Å². The zero-order valence-corrected chi connectivity index (χ0v) is 23.3. The second-order valence-electron chi connectivity index (χ2n) is 9.21. The predicted molar refractivity (Wildman–Crippen MR) is 154 cm³/mol. The number of amides is 2. The number of carbonyl (C=O) groups is 2. The molecule has 2 fully saturated rings. The Hall–Kier alpha value is -2.85. The van der Waals surface area contributed by atoms with Crippen molar-refractivity contribution in [2.45, 2.75) is 39.5 Å². The smallest absolute Gasteiger partial charge is 0.409 e. The first-order valence-corrected chi connectivity index (χ1v) is 14.1. The molecule has 1 aromatic carbocycles. The van der Waals surface area contributed by atoms with E-state index in [1.807, 2.05) is 24.3 Å². The largest absolute Gasteiger partial charge is 0.450 e. The lowest BCUT2D eigenvalue weighted by atomic mass is 10.1. The van der Waals surface area contributed by atoms with E-state index in [0.29, 0.717) is 54.1 Å². The molecule has 0 aliphatic carbocycles. The second-order valence-corrected chi connectivity index (χ2v) is 10.9. The van der Waals surface area contributed by atoms with Crippen LogP contribution < -0.4 is 10.5 Å². The van der Waals surface area contributed by atoms with Crippen molar-refractivity contribution in [1.82, 2.24) is 14.4 Å². The first-order valence-electron chi connectivity index (χ1n) is 12.9. The van der Waals surface area contributed by atoms with Gasteiger partial charge >= 0.3 is 6.09 Å². The Morgan fingerprint density at radius 1 is 1.08 bits per heavy atom. The summed E-state index contributed by atoms with van der Waals surface area (Å²) >= 11 is 6.78. The number of ether oxygens (including phenoxy) is 1. The Morgan fingerprint density at radius 3 is 2.51 bits per heavy atom. The van der Waals surface area contributed by atoms with Gasteiger partial charge in [0.1, 0.15) is 4.32 Å². The van der Waals surface area contributed by atoms with Crippen LogP contribution in [-0.2, 0) is 16.6 Å². The number of hydrogen-bond donors (Lipinski definition) is 0. The Balaban J connectivity index is 1.70. The van der Waals surface area contributed by atoms with E-state index >= 15 is 0 Å². The third-order valence-electron chi connectivity index (χ3n) is 6.82. The van der Waals surface area contributed by atoms with E-state index in [-0.39, 0.29) is 17.6 Å². The number of piperazine rings is 1. The van der Waals surface area contributed by atoms with Gasteiger partial charge in [-0.25, -0.2) is 4.79 Å². The molecule has 2 amide bonds. The van der Waals surface area contributed by atoms with Gasteiger partial charge in [0.2, 0.25) is 0 Å². The normalized spacial score (nSPS) is 17.4. The molecular weight excluding hydrogens is 508 g/mol. The van der Waals surface area contributed by atoms with Crippen LogP contribution in [0.2, 0.25) is 0 Å². The summed E-state index contributed by atoms with van der Waals surface area (Å²) in [6.07, 6.45) is 5.61. The van der Waals surface area contributed by atoms with E-state index in [9.17, 15) is 14.4 Å². The fourth-order valence-corrected chi connectivity index (χ4v) is 6.11. The molecule has 0 spiro atoms. The number of anilines is 1. The summed E-state index contributed by atoms with van der Waals surface area (Å²) in [7, 11) is 1.75. The minimum Gasteiger partial charge on any atom is -0.450 e. The zero-order valence-electron chi connectivity index (χ0n) is 21.7. The van der Waals surface area contributed by atoms with Crippen molar-refractivity contribution in [3.05, 3.63) is 45.1 Å². The molecule has 0 unspecified atom stereocenters. The molecule has 10 heteroatoms. The molecule has 3 heterocycles. The number of aryl methyl sites for hydroxylation is 1. The van der Waals surface area contributed by atoms with Gasteiger partial charge in [-0.15, -0.1) is 0 Å². The minimum atomic E-state index is -0.321. The van der Waals surface area contributed by atoms with Crippen LogP contribution in [0.1, 0.15) is 45.1 Å². The van der Waals surface area contributed by atoms with Crippen LogP contribution in [0, 0.1) is 0 Å². The number of carbonyl (C=O) groups excluding carboxylic acids is 2. The topological polar surface area (TPSA) is 75.1 Å². The number of nitrogens with zero attached hydrogens (tertiary/aromatic N) is 4. The maximum Gasteiger partial charge on any atom is 0.409 e. The summed E-state index contributed by atoms with van der Waals surface area (Å²) in [5.74, 6) is -0.139. The fraction of sp³-hybridized carbons (Fsp3) is 0.481. The number of aromatic nitrogens is 1. The second kappa shape index (κ2) is 12.1. The fourth-order valence-electron chi connectivity index (χ4n) is 4.82. The first-order chi connectivity index (χ1) is 17.9. The summed E-state index contributed by atoms with van der Waals surface area (Å²) in [5, 5.41) is 0.926. The maximum atomic E-state index is 13.6.